The van der Waals surface area contributed by atoms with E-state index in [1.54, 1.807) is 18.2 Å². The van der Waals surface area contributed by atoms with E-state index in [2.05, 4.69) is 20.7 Å². The van der Waals surface area contributed by atoms with E-state index in [1.807, 2.05) is 6.07 Å². The van der Waals surface area contributed by atoms with Gasteiger partial charge in [0.05, 0.1) is 18.9 Å². The number of nitrogens with zero attached hydrogens (tertiary/aromatic N) is 1. The Morgan fingerprint density at radius 3 is 2.53 bits per heavy atom. The summed E-state index contributed by atoms with van der Waals surface area (Å²) in [6, 6.07) is 7.11. The molecule has 0 spiro atoms. The van der Waals surface area contributed by atoms with Crippen LogP contribution in [-0.4, -0.2) is 39.0 Å². The lowest BCUT2D eigenvalue weighted by Crippen LogP contribution is -2.43. The van der Waals surface area contributed by atoms with Gasteiger partial charge in [-0.1, -0.05) is 12.1 Å². The molecule has 2 rings (SSSR count). The van der Waals surface area contributed by atoms with E-state index in [-0.39, 0.29) is 0 Å². The standard InChI is InChI=1S/C10H13BrN2O3S/c11-9-3-1-2-4-10(9)12-17(14,15)13-5-7-16-8-6-13/h1-4,12H,5-8H2. The highest BCUT2D eigenvalue weighted by Crippen LogP contribution is 2.23. The van der Waals surface area contributed by atoms with Crippen molar-refractivity contribution in [3.63, 3.8) is 0 Å². The van der Waals surface area contributed by atoms with Gasteiger partial charge < -0.3 is 4.74 Å². The number of benzene rings is 1. The lowest BCUT2D eigenvalue weighted by Gasteiger charge is -2.26. The molecule has 1 aromatic carbocycles. The first-order valence-corrected chi connectivity index (χ1v) is 7.43. The zero-order chi connectivity index (χ0) is 12.3. The van der Waals surface area contributed by atoms with E-state index < -0.39 is 10.2 Å². The van der Waals surface area contributed by atoms with Gasteiger partial charge in [0.25, 0.3) is 0 Å². The van der Waals surface area contributed by atoms with Gasteiger partial charge in [-0.05, 0) is 28.1 Å². The molecule has 5 nitrogen and oxygen atoms in total. The van der Waals surface area contributed by atoms with Gasteiger partial charge in [-0.2, -0.15) is 12.7 Å². The number of rotatable bonds is 3. The molecule has 1 aliphatic rings. The van der Waals surface area contributed by atoms with Crippen molar-refractivity contribution in [3.05, 3.63) is 28.7 Å². The molecule has 0 radical (unpaired) electrons. The monoisotopic (exact) mass is 320 g/mol. The molecule has 1 fully saturated rings. The van der Waals surface area contributed by atoms with E-state index in [4.69, 9.17) is 4.74 Å². The second-order valence-electron chi connectivity index (χ2n) is 3.60. The van der Waals surface area contributed by atoms with Gasteiger partial charge in [0.2, 0.25) is 0 Å². The van der Waals surface area contributed by atoms with Crippen LogP contribution < -0.4 is 4.72 Å². The minimum atomic E-state index is -3.49. The zero-order valence-corrected chi connectivity index (χ0v) is 11.5. The van der Waals surface area contributed by atoms with Crippen molar-refractivity contribution in [3.8, 4) is 0 Å². The highest BCUT2D eigenvalue weighted by atomic mass is 79.9. The number of halogens is 1. The highest BCUT2D eigenvalue weighted by molar-refractivity contribution is 9.10. The normalized spacial score (nSPS) is 17.9. The van der Waals surface area contributed by atoms with Crippen molar-refractivity contribution < 1.29 is 13.2 Å². The molecule has 1 aromatic rings. The first-order chi connectivity index (χ1) is 8.09. The fourth-order valence-electron chi connectivity index (χ4n) is 1.53. The van der Waals surface area contributed by atoms with Crippen molar-refractivity contribution >= 4 is 31.8 Å². The molecule has 0 saturated carbocycles. The van der Waals surface area contributed by atoms with Gasteiger partial charge in [0.15, 0.2) is 0 Å². The number of para-hydroxylation sites is 1. The number of hydrogen-bond acceptors (Lipinski definition) is 3. The summed E-state index contributed by atoms with van der Waals surface area (Å²) in [4.78, 5) is 0. The molecular formula is C10H13BrN2O3S. The molecule has 1 saturated heterocycles. The van der Waals surface area contributed by atoms with E-state index in [0.717, 1.165) is 4.47 Å². The maximum absolute atomic E-state index is 12.0. The van der Waals surface area contributed by atoms with E-state index >= 15 is 0 Å². The Morgan fingerprint density at radius 1 is 1.24 bits per heavy atom. The van der Waals surface area contributed by atoms with Crippen LogP contribution in [-0.2, 0) is 14.9 Å². The van der Waals surface area contributed by atoms with Gasteiger partial charge in [0, 0.05) is 17.6 Å². The SMILES string of the molecule is O=S(=O)(Nc1ccccc1Br)N1CCOCC1. The van der Waals surface area contributed by atoms with Crippen LogP contribution >= 0.6 is 15.9 Å². The Morgan fingerprint density at radius 2 is 1.88 bits per heavy atom. The van der Waals surface area contributed by atoms with Crippen LogP contribution in [0, 0.1) is 0 Å². The molecule has 0 unspecified atom stereocenters. The summed E-state index contributed by atoms with van der Waals surface area (Å²) in [5.41, 5.74) is 0.541. The molecule has 0 atom stereocenters. The molecule has 0 aromatic heterocycles. The molecular weight excluding hydrogens is 308 g/mol. The quantitative estimate of drug-likeness (QED) is 0.916. The predicted molar refractivity (Wildman–Crippen MR) is 69.1 cm³/mol. The lowest BCUT2D eigenvalue weighted by atomic mass is 10.3. The summed E-state index contributed by atoms with van der Waals surface area (Å²) in [5, 5.41) is 0. The van der Waals surface area contributed by atoms with E-state index in [9.17, 15) is 8.42 Å². The van der Waals surface area contributed by atoms with E-state index in [0.29, 0.717) is 32.0 Å². The third-order valence-electron chi connectivity index (χ3n) is 2.42. The van der Waals surface area contributed by atoms with Crippen LogP contribution in [0.3, 0.4) is 0 Å². The average molecular weight is 321 g/mol. The molecule has 1 N–H and O–H groups in total. The number of nitrogens with one attached hydrogen (secondary N) is 1. The Labute approximate surface area is 109 Å². The Hall–Kier alpha value is -0.630. The van der Waals surface area contributed by atoms with Crippen LogP contribution in [0.2, 0.25) is 0 Å². The van der Waals surface area contributed by atoms with Crippen molar-refractivity contribution in [1.29, 1.82) is 0 Å². The van der Waals surface area contributed by atoms with Crippen LogP contribution in [0.1, 0.15) is 0 Å². The van der Waals surface area contributed by atoms with Crippen LogP contribution in [0.15, 0.2) is 28.7 Å². The molecule has 0 amide bonds. The number of morpholine rings is 1. The molecule has 94 valence electrons. The summed E-state index contributed by atoms with van der Waals surface area (Å²) in [6.07, 6.45) is 0. The number of hydrogen-bond donors (Lipinski definition) is 1. The largest absolute Gasteiger partial charge is 0.379 e. The molecule has 0 bridgehead atoms. The molecule has 1 aliphatic heterocycles. The van der Waals surface area contributed by atoms with Gasteiger partial charge in [-0.15, -0.1) is 0 Å². The smallest absolute Gasteiger partial charge is 0.301 e. The summed E-state index contributed by atoms with van der Waals surface area (Å²) in [7, 11) is -3.49. The summed E-state index contributed by atoms with van der Waals surface area (Å²) < 4.78 is 33.9. The van der Waals surface area contributed by atoms with Gasteiger partial charge in [-0.3, -0.25) is 4.72 Å². The summed E-state index contributed by atoms with van der Waals surface area (Å²) >= 11 is 3.30. The maximum Gasteiger partial charge on any atom is 0.301 e. The van der Waals surface area contributed by atoms with Crippen molar-refractivity contribution in [2.45, 2.75) is 0 Å². The third-order valence-corrected chi connectivity index (χ3v) is 4.64. The highest BCUT2D eigenvalue weighted by Gasteiger charge is 2.24. The summed E-state index contributed by atoms with van der Waals surface area (Å²) in [6.45, 7) is 1.66. The second kappa shape index (κ2) is 5.34. The topological polar surface area (TPSA) is 58.6 Å². The maximum atomic E-state index is 12.0. The van der Waals surface area contributed by atoms with Crippen LogP contribution in [0.25, 0.3) is 0 Å². The first-order valence-electron chi connectivity index (χ1n) is 5.20. The van der Waals surface area contributed by atoms with E-state index in [1.165, 1.54) is 4.31 Å². The minimum Gasteiger partial charge on any atom is -0.379 e. The second-order valence-corrected chi connectivity index (χ2v) is 6.12. The minimum absolute atomic E-state index is 0.389. The summed E-state index contributed by atoms with van der Waals surface area (Å²) in [5.74, 6) is 0. The average Bonchev–Trinajstić information content (AvgIpc) is 2.33. The Balaban J connectivity index is 2.14. The molecule has 7 heteroatoms. The zero-order valence-electron chi connectivity index (χ0n) is 9.10. The van der Waals surface area contributed by atoms with Gasteiger partial charge >= 0.3 is 10.2 Å². The fourth-order valence-corrected chi connectivity index (χ4v) is 3.26. The Kier molecular flexibility index (Phi) is 4.03. The van der Waals surface area contributed by atoms with Crippen LogP contribution in [0.5, 0.6) is 0 Å². The predicted octanol–water partition coefficient (Wildman–Crippen LogP) is 1.44. The fraction of sp³-hybridized carbons (Fsp3) is 0.400. The number of ether oxygens (including phenoxy) is 1. The van der Waals surface area contributed by atoms with Crippen molar-refractivity contribution in [2.24, 2.45) is 0 Å². The first kappa shape index (κ1) is 12.8. The Bertz CT molecular complexity index is 486. The van der Waals surface area contributed by atoms with Gasteiger partial charge in [0.1, 0.15) is 0 Å². The molecule has 17 heavy (non-hydrogen) atoms. The van der Waals surface area contributed by atoms with Gasteiger partial charge in [-0.25, -0.2) is 0 Å². The number of anilines is 1. The van der Waals surface area contributed by atoms with Crippen molar-refractivity contribution in [2.75, 3.05) is 31.0 Å². The molecule has 0 aliphatic carbocycles. The van der Waals surface area contributed by atoms with Crippen LogP contribution in [0.4, 0.5) is 5.69 Å². The third kappa shape index (κ3) is 3.19. The van der Waals surface area contributed by atoms with Crippen molar-refractivity contribution in [1.82, 2.24) is 4.31 Å². The lowest BCUT2D eigenvalue weighted by molar-refractivity contribution is 0.0733. The molecule has 1 heterocycles.